The first-order chi connectivity index (χ1) is 8.74. The molecule has 2 rings (SSSR count). The summed E-state index contributed by atoms with van der Waals surface area (Å²) in [6, 6.07) is 11.3. The summed E-state index contributed by atoms with van der Waals surface area (Å²) < 4.78 is 0. The molecule has 2 aromatic rings. The molecule has 0 aliphatic carbocycles. The maximum Gasteiger partial charge on any atom is 0.0735 e. The van der Waals surface area contributed by atoms with Crippen molar-refractivity contribution in [2.75, 3.05) is 6.54 Å². The van der Waals surface area contributed by atoms with E-state index in [0.29, 0.717) is 11.3 Å². The van der Waals surface area contributed by atoms with Gasteiger partial charge in [-0.05, 0) is 25.1 Å². The van der Waals surface area contributed by atoms with Gasteiger partial charge >= 0.3 is 0 Å². The predicted molar refractivity (Wildman–Crippen MR) is 81.4 cm³/mol. The van der Waals surface area contributed by atoms with Crippen LogP contribution in [0.2, 0.25) is 0 Å². The van der Waals surface area contributed by atoms with Gasteiger partial charge in [0.25, 0.3) is 0 Å². The predicted octanol–water partition coefficient (Wildman–Crippen LogP) is 4.04. The molecule has 0 amide bonds. The summed E-state index contributed by atoms with van der Waals surface area (Å²) in [5, 5.41) is 6.68. The first-order valence-corrected chi connectivity index (χ1v) is 7.60. The molecular weight excluding hydrogens is 240 g/mol. The summed E-state index contributed by atoms with van der Waals surface area (Å²) >= 11 is 1.92. The molecule has 0 aliphatic heterocycles. The Labute approximate surface area is 114 Å². The second-order valence-electron chi connectivity index (χ2n) is 4.62. The molecule has 2 unspecified atom stereocenters. The smallest absolute Gasteiger partial charge is 0.0735 e. The Morgan fingerprint density at radius 1 is 1.28 bits per heavy atom. The molecule has 0 radical (unpaired) electrons. The van der Waals surface area contributed by atoms with Crippen LogP contribution in [0.15, 0.2) is 35.4 Å². The maximum atomic E-state index is 3.55. The Balaban J connectivity index is 2.08. The second-order valence-corrected chi connectivity index (χ2v) is 6.04. The van der Waals surface area contributed by atoms with E-state index in [2.05, 4.69) is 61.4 Å². The van der Waals surface area contributed by atoms with E-state index in [9.17, 15) is 0 Å². The average Bonchev–Trinajstić information content (AvgIpc) is 2.77. The van der Waals surface area contributed by atoms with Gasteiger partial charge in [-0.15, -0.1) is 11.8 Å². The fraction of sp³-hybridized carbons (Fsp3) is 0.467. The van der Waals surface area contributed by atoms with E-state index in [-0.39, 0.29) is 0 Å². The zero-order chi connectivity index (χ0) is 13.0. The number of H-pyrrole nitrogens is 1. The molecule has 0 aliphatic rings. The number of benzene rings is 1. The highest BCUT2D eigenvalue weighted by atomic mass is 32.2. The van der Waals surface area contributed by atoms with E-state index in [1.807, 2.05) is 11.8 Å². The number of aromatic amines is 1. The zero-order valence-corrected chi connectivity index (χ0v) is 12.2. The summed E-state index contributed by atoms with van der Waals surface area (Å²) in [4.78, 5) is 3.48. The van der Waals surface area contributed by atoms with Crippen molar-refractivity contribution in [3.63, 3.8) is 0 Å². The molecule has 0 spiro atoms. The summed E-state index contributed by atoms with van der Waals surface area (Å²) in [6.07, 6.45) is 1.17. The van der Waals surface area contributed by atoms with Crippen molar-refractivity contribution < 1.29 is 0 Å². The number of nitrogens with one attached hydrogen (secondary N) is 2. The van der Waals surface area contributed by atoms with Crippen LogP contribution in [0.5, 0.6) is 0 Å². The van der Waals surface area contributed by atoms with E-state index in [4.69, 9.17) is 0 Å². The van der Waals surface area contributed by atoms with Crippen molar-refractivity contribution in [1.82, 2.24) is 10.3 Å². The molecular formula is C15H22N2S. The van der Waals surface area contributed by atoms with Crippen LogP contribution in [0.4, 0.5) is 0 Å². The number of hydrogen-bond acceptors (Lipinski definition) is 2. The quantitative estimate of drug-likeness (QED) is 0.769. The van der Waals surface area contributed by atoms with Crippen LogP contribution in [0.1, 0.15) is 27.2 Å². The number of para-hydroxylation sites is 1. The highest BCUT2D eigenvalue weighted by Crippen LogP contribution is 2.28. The van der Waals surface area contributed by atoms with E-state index >= 15 is 0 Å². The van der Waals surface area contributed by atoms with Gasteiger partial charge in [-0.2, -0.15) is 0 Å². The molecule has 98 valence electrons. The largest absolute Gasteiger partial charge is 0.350 e. The third kappa shape index (κ3) is 3.09. The van der Waals surface area contributed by atoms with Crippen molar-refractivity contribution in [3.05, 3.63) is 30.3 Å². The topological polar surface area (TPSA) is 27.8 Å². The van der Waals surface area contributed by atoms with Crippen LogP contribution in [0.25, 0.3) is 10.9 Å². The highest BCUT2D eigenvalue weighted by Gasteiger charge is 2.16. The Kier molecular flexibility index (Phi) is 4.72. The van der Waals surface area contributed by atoms with E-state index in [0.717, 1.165) is 6.54 Å². The molecule has 2 N–H and O–H groups in total. The first kappa shape index (κ1) is 13.5. The summed E-state index contributed by atoms with van der Waals surface area (Å²) in [7, 11) is 0. The summed E-state index contributed by atoms with van der Waals surface area (Å²) in [5.41, 5.74) is 1.23. The molecule has 1 heterocycles. The minimum absolute atomic E-state index is 0.572. The average molecular weight is 262 g/mol. The number of hydrogen-bond donors (Lipinski definition) is 2. The van der Waals surface area contributed by atoms with Gasteiger partial charge in [-0.3, -0.25) is 0 Å². The van der Waals surface area contributed by atoms with Crippen molar-refractivity contribution in [2.45, 2.75) is 43.5 Å². The molecule has 0 saturated carbocycles. The SMILES string of the molecule is CCNC(CC)C(C)Sc1cc2ccccc2[nH]1. The fourth-order valence-electron chi connectivity index (χ4n) is 2.30. The molecule has 0 bridgehead atoms. The van der Waals surface area contributed by atoms with Gasteiger partial charge in [-0.25, -0.2) is 0 Å². The first-order valence-electron chi connectivity index (χ1n) is 6.72. The van der Waals surface area contributed by atoms with Gasteiger partial charge in [0.05, 0.1) is 5.03 Å². The third-order valence-electron chi connectivity index (χ3n) is 3.29. The lowest BCUT2D eigenvalue weighted by molar-refractivity contribution is 0.509. The zero-order valence-electron chi connectivity index (χ0n) is 11.4. The number of thioether (sulfide) groups is 1. The summed E-state index contributed by atoms with van der Waals surface area (Å²) in [5.74, 6) is 0. The lowest BCUT2D eigenvalue weighted by Crippen LogP contribution is -2.35. The molecule has 2 atom stereocenters. The van der Waals surface area contributed by atoms with Crippen LogP contribution < -0.4 is 5.32 Å². The fourth-order valence-corrected chi connectivity index (χ4v) is 3.51. The van der Waals surface area contributed by atoms with Gasteiger partial charge in [-0.1, -0.05) is 39.0 Å². The summed E-state index contributed by atoms with van der Waals surface area (Å²) in [6.45, 7) is 7.75. The van der Waals surface area contributed by atoms with E-state index in [1.165, 1.54) is 22.3 Å². The molecule has 3 heteroatoms. The lowest BCUT2D eigenvalue weighted by Gasteiger charge is -2.22. The van der Waals surface area contributed by atoms with Crippen LogP contribution >= 0.6 is 11.8 Å². The van der Waals surface area contributed by atoms with Crippen LogP contribution in [0.3, 0.4) is 0 Å². The number of fused-ring (bicyclic) bond motifs is 1. The van der Waals surface area contributed by atoms with Crippen molar-refractivity contribution in [1.29, 1.82) is 0 Å². The van der Waals surface area contributed by atoms with Crippen LogP contribution in [-0.4, -0.2) is 22.8 Å². The van der Waals surface area contributed by atoms with Gasteiger partial charge in [0, 0.05) is 22.2 Å². The van der Waals surface area contributed by atoms with Crippen LogP contribution in [-0.2, 0) is 0 Å². The van der Waals surface area contributed by atoms with Crippen molar-refractivity contribution >= 4 is 22.7 Å². The highest BCUT2D eigenvalue weighted by molar-refractivity contribution is 7.99. The monoisotopic (exact) mass is 262 g/mol. The van der Waals surface area contributed by atoms with Gasteiger partial charge in [0.2, 0.25) is 0 Å². The second kappa shape index (κ2) is 6.30. The Bertz CT molecular complexity index is 459. The van der Waals surface area contributed by atoms with Gasteiger partial charge < -0.3 is 10.3 Å². The molecule has 2 nitrogen and oxygen atoms in total. The van der Waals surface area contributed by atoms with Gasteiger partial charge in [0.1, 0.15) is 0 Å². The standard InChI is InChI=1S/C15H22N2S/c1-4-13(16-5-2)11(3)18-15-10-12-8-6-7-9-14(12)17-15/h6-11,13,16-17H,4-5H2,1-3H3. The molecule has 0 saturated heterocycles. The third-order valence-corrected chi connectivity index (χ3v) is 4.47. The lowest BCUT2D eigenvalue weighted by atomic mass is 10.2. The molecule has 1 aromatic heterocycles. The van der Waals surface area contributed by atoms with Crippen LogP contribution in [0, 0.1) is 0 Å². The van der Waals surface area contributed by atoms with Crippen molar-refractivity contribution in [3.8, 4) is 0 Å². The van der Waals surface area contributed by atoms with E-state index in [1.54, 1.807) is 0 Å². The molecule has 0 fully saturated rings. The minimum Gasteiger partial charge on any atom is -0.350 e. The number of rotatable bonds is 6. The minimum atomic E-state index is 0.572. The normalized spacial score (nSPS) is 14.8. The maximum absolute atomic E-state index is 3.55. The molecule has 1 aromatic carbocycles. The van der Waals surface area contributed by atoms with Gasteiger partial charge in [0.15, 0.2) is 0 Å². The Morgan fingerprint density at radius 2 is 2.06 bits per heavy atom. The Morgan fingerprint density at radius 3 is 2.72 bits per heavy atom. The van der Waals surface area contributed by atoms with E-state index < -0.39 is 0 Å². The Hall–Kier alpha value is -0.930. The van der Waals surface area contributed by atoms with Crippen molar-refractivity contribution in [2.24, 2.45) is 0 Å². The molecule has 18 heavy (non-hydrogen) atoms. The number of aromatic nitrogens is 1.